The average Bonchev–Trinajstić information content (AvgIpc) is 2.86. The number of hydrogen-bond donors (Lipinski definition) is 1. The van der Waals surface area contributed by atoms with Gasteiger partial charge in [-0.15, -0.1) is 0 Å². The van der Waals surface area contributed by atoms with Crippen LogP contribution in [-0.2, 0) is 6.54 Å². The maximum Gasteiger partial charge on any atom is 0.0492 e. The third-order valence-corrected chi connectivity index (χ3v) is 4.23. The third kappa shape index (κ3) is 2.84. The molecule has 0 fully saturated rings. The number of fused-ring (bicyclic) bond motifs is 1. The highest BCUT2D eigenvalue weighted by Gasteiger charge is 2.03. The smallest absolute Gasteiger partial charge is 0.0492 e. The molecular weight excluding hydrogens is 336 g/mol. The molecule has 102 valence electrons. The van der Waals surface area contributed by atoms with Crippen molar-refractivity contribution in [3.8, 4) is 0 Å². The summed E-state index contributed by atoms with van der Waals surface area (Å²) in [6.07, 6.45) is 2.12. The van der Waals surface area contributed by atoms with Crippen molar-refractivity contribution in [1.82, 2.24) is 4.57 Å². The third-order valence-electron chi connectivity index (χ3n) is 3.29. The molecule has 3 rings (SSSR count). The molecule has 0 aliphatic carbocycles. The molecule has 0 saturated carbocycles. The summed E-state index contributed by atoms with van der Waals surface area (Å²) in [4.78, 5) is 0. The summed E-state index contributed by atoms with van der Waals surface area (Å²) in [5.74, 6) is 0. The second-order valence-electron chi connectivity index (χ2n) is 4.62. The zero-order chi connectivity index (χ0) is 13.9. The molecule has 3 aromatic rings. The van der Waals surface area contributed by atoms with E-state index in [1.54, 1.807) is 0 Å². The van der Waals surface area contributed by atoms with Crippen molar-refractivity contribution in [2.75, 3.05) is 11.9 Å². The maximum absolute atomic E-state index is 5.87. The van der Waals surface area contributed by atoms with Crippen molar-refractivity contribution >= 4 is 44.1 Å². The fraction of sp³-hybridized carbons (Fsp3) is 0.125. The molecule has 0 atom stereocenters. The molecule has 0 unspecified atom stereocenters. The van der Waals surface area contributed by atoms with Gasteiger partial charge >= 0.3 is 0 Å². The quantitative estimate of drug-likeness (QED) is 0.687. The van der Waals surface area contributed by atoms with Crippen LogP contribution in [-0.4, -0.2) is 11.1 Å². The van der Waals surface area contributed by atoms with E-state index in [1.165, 1.54) is 10.9 Å². The first-order valence-corrected chi connectivity index (χ1v) is 7.64. The first-order chi connectivity index (χ1) is 9.74. The van der Waals surface area contributed by atoms with E-state index in [1.807, 2.05) is 24.3 Å². The standard InChI is InChI=1S/C16H14BrClN2/c17-15-2-1-3-16-14(15)8-10-20(16)11-9-19-13-6-4-12(18)5-7-13/h1-8,10,19H,9,11H2. The van der Waals surface area contributed by atoms with Crippen LogP contribution in [0.5, 0.6) is 0 Å². The fourth-order valence-corrected chi connectivity index (χ4v) is 2.88. The maximum atomic E-state index is 5.87. The predicted molar refractivity (Wildman–Crippen MR) is 89.6 cm³/mol. The van der Waals surface area contributed by atoms with Crippen LogP contribution >= 0.6 is 27.5 Å². The number of halogens is 2. The number of rotatable bonds is 4. The van der Waals surface area contributed by atoms with E-state index in [0.717, 1.165) is 28.3 Å². The number of nitrogens with zero attached hydrogens (tertiary/aromatic N) is 1. The Labute approximate surface area is 131 Å². The van der Waals surface area contributed by atoms with Crippen molar-refractivity contribution in [2.45, 2.75) is 6.54 Å². The molecule has 0 bridgehead atoms. The van der Waals surface area contributed by atoms with Gasteiger partial charge < -0.3 is 9.88 Å². The van der Waals surface area contributed by atoms with E-state index in [-0.39, 0.29) is 0 Å². The SMILES string of the molecule is Clc1ccc(NCCn2ccc3c(Br)cccc32)cc1. The summed E-state index contributed by atoms with van der Waals surface area (Å²) in [5, 5.41) is 5.41. The molecule has 0 spiro atoms. The van der Waals surface area contributed by atoms with E-state index in [4.69, 9.17) is 11.6 Å². The lowest BCUT2D eigenvalue weighted by molar-refractivity contribution is 0.757. The first-order valence-electron chi connectivity index (χ1n) is 6.47. The van der Waals surface area contributed by atoms with Crippen LogP contribution in [0.15, 0.2) is 59.2 Å². The van der Waals surface area contributed by atoms with Gasteiger partial charge in [0.25, 0.3) is 0 Å². The van der Waals surface area contributed by atoms with E-state index >= 15 is 0 Å². The zero-order valence-electron chi connectivity index (χ0n) is 10.8. The summed E-state index contributed by atoms with van der Waals surface area (Å²) >= 11 is 9.45. The molecule has 1 heterocycles. The summed E-state index contributed by atoms with van der Waals surface area (Å²) < 4.78 is 3.39. The Morgan fingerprint density at radius 1 is 1.05 bits per heavy atom. The summed E-state index contributed by atoms with van der Waals surface area (Å²) in [7, 11) is 0. The van der Waals surface area contributed by atoms with E-state index in [2.05, 4.69) is 56.3 Å². The van der Waals surface area contributed by atoms with Gasteiger partial charge in [-0.1, -0.05) is 33.6 Å². The monoisotopic (exact) mass is 348 g/mol. The highest BCUT2D eigenvalue weighted by atomic mass is 79.9. The molecule has 2 aromatic carbocycles. The molecule has 0 aliphatic rings. The summed E-state index contributed by atoms with van der Waals surface area (Å²) in [6, 6.07) is 16.2. The lowest BCUT2D eigenvalue weighted by Crippen LogP contribution is -2.09. The minimum Gasteiger partial charge on any atom is -0.383 e. The molecule has 0 aliphatic heterocycles. The highest BCUT2D eigenvalue weighted by molar-refractivity contribution is 9.10. The van der Waals surface area contributed by atoms with Crippen LogP contribution in [0, 0.1) is 0 Å². The van der Waals surface area contributed by atoms with Gasteiger partial charge in [0, 0.05) is 45.4 Å². The van der Waals surface area contributed by atoms with E-state index in [0.29, 0.717) is 0 Å². The van der Waals surface area contributed by atoms with Crippen LogP contribution in [0.1, 0.15) is 0 Å². The first kappa shape index (κ1) is 13.5. The van der Waals surface area contributed by atoms with Gasteiger partial charge in [-0.2, -0.15) is 0 Å². The summed E-state index contributed by atoms with van der Waals surface area (Å²) in [5.41, 5.74) is 2.34. The van der Waals surface area contributed by atoms with Crippen LogP contribution in [0.25, 0.3) is 10.9 Å². The van der Waals surface area contributed by atoms with Gasteiger partial charge in [0.15, 0.2) is 0 Å². The minimum atomic E-state index is 0.761. The molecule has 0 amide bonds. The Bertz CT molecular complexity index is 719. The Morgan fingerprint density at radius 2 is 1.85 bits per heavy atom. The van der Waals surface area contributed by atoms with Gasteiger partial charge in [-0.05, 0) is 42.5 Å². The van der Waals surface area contributed by atoms with Crippen LogP contribution in [0.3, 0.4) is 0 Å². The van der Waals surface area contributed by atoms with Crippen molar-refractivity contribution in [3.63, 3.8) is 0 Å². The van der Waals surface area contributed by atoms with Crippen LogP contribution < -0.4 is 5.32 Å². The second kappa shape index (κ2) is 5.90. The predicted octanol–water partition coefficient (Wildman–Crippen LogP) is 5.17. The topological polar surface area (TPSA) is 17.0 Å². The number of hydrogen-bond acceptors (Lipinski definition) is 1. The zero-order valence-corrected chi connectivity index (χ0v) is 13.2. The number of nitrogens with one attached hydrogen (secondary N) is 1. The van der Waals surface area contributed by atoms with Crippen LogP contribution in [0.4, 0.5) is 5.69 Å². The van der Waals surface area contributed by atoms with Gasteiger partial charge in [-0.3, -0.25) is 0 Å². The highest BCUT2D eigenvalue weighted by Crippen LogP contribution is 2.24. The van der Waals surface area contributed by atoms with Gasteiger partial charge in [-0.25, -0.2) is 0 Å². The van der Waals surface area contributed by atoms with Gasteiger partial charge in [0.05, 0.1) is 0 Å². The van der Waals surface area contributed by atoms with Crippen molar-refractivity contribution in [1.29, 1.82) is 0 Å². The number of anilines is 1. The molecule has 1 N–H and O–H groups in total. The molecule has 1 aromatic heterocycles. The minimum absolute atomic E-state index is 0.761. The lowest BCUT2D eigenvalue weighted by atomic mass is 10.2. The number of aromatic nitrogens is 1. The van der Waals surface area contributed by atoms with Crippen molar-refractivity contribution in [3.05, 3.63) is 64.2 Å². The molecule has 0 radical (unpaired) electrons. The Kier molecular flexibility index (Phi) is 3.99. The summed E-state index contributed by atoms with van der Waals surface area (Å²) in [6.45, 7) is 1.79. The molecule has 20 heavy (non-hydrogen) atoms. The van der Waals surface area contributed by atoms with Gasteiger partial charge in [0.2, 0.25) is 0 Å². The lowest BCUT2D eigenvalue weighted by Gasteiger charge is -2.09. The largest absolute Gasteiger partial charge is 0.383 e. The van der Waals surface area contributed by atoms with Crippen molar-refractivity contribution in [2.24, 2.45) is 0 Å². The van der Waals surface area contributed by atoms with Crippen molar-refractivity contribution < 1.29 is 0 Å². The Balaban J connectivity index is 1.68. The Morgan fingerprint density at radius 3 is 2.65 bits per heavy atom. The van der Waals surface area contributed by atoms with E-state index in [9.17, 15) is 0 Å². The average molecular weight is 350 g/mol. The van der Waals surface area contributed by atoms with Crippen LogP contribution in [0.2, 0.25) is 5.02 Å². The molecule has 0 saturated heterocycles. The van der Waals surface area contributed by atoms with Gasteiger partial charge in [0.1, 0.15) is 0 Å². The molecular formula is C16H14BrClN2. The van der Waals surface area contributed by atoms with E-state index < -0.39 is 0 Å². The molecule has 4 heteroatoms. The Hall–Kier alpha value is -1.45. The second-order valence-corrected chi connectivity index (χ2v) is 5.91. The fourth-order valence-electron chi connectivity index (χ4n) is 2.27. The molecule has 2 nitrogen and oxygen atoms in total. The number of benzene rings is 2. The normalized spacial score (nSPS) is 10.9.